The van der Waals surface area contributed by atoms with Crippen LogP contribution in [0.4, 0.5) is 0 Å². The molecule has 0 aliphatic carbocycles. The number of aliphatic hydroxyl groups is 1. The van der Waals surface area contributed by atoms with Crippen molar-refractivity contribution < 1.29 is 9.90 Å². The molecule has 0 aliphatic rings. The predicted molar refractivity (Wildman–Crippen MR) is 111 cm³/mol. The van der Waals surface area contributed by atoms with Crippen LogP contribution in [0.15, 0.2) is 54.6 Å². The zero-order valence-corrected chi connectivity index (χ0v) is 16.8. The lowest BCUT2D eigenvalue weighted by atomic mass is 9.86. The maximum absolute atomic E-state index is 13.5. The fourth-order valence-corrected chi connectivity index (χ4v) is 3.58. The second-order valence-electron chi connectivity index (χ2n) is 7.01. The van der Waals surface area contributed by atoms with Gasteiger partial charge in [0, 0.05) is 16.1 Å². The quantitative estimate of drug-likeness (QED) is 0.575. The average Bonchev–Trinajstić information content (AvgIpc) is 2.66. The minimum Gasteiger partial charge on any atom is -0.384 e. The molecule has 0 spiro atoms. The third-order valence-electron chi connectivity index (χ3n) is 5.28. The number of rotatable bonds is 4. The van der Waals surface area contributed by atoms with Gasteiger partial charge in [-0.15, -0.1) is 0 Å². The molecule has 0 fully saturated rings. The molecule has 1 N–H and O–H groups in total. The molecule has 1 unspecified atom stereocenters. The minimum absolute atomic E-state index is 0.0552. The van der Waals surface area contributed by atoms with Gasteiger partial charge in [-0.05, 0) is 73.2 Å². The van der Waals surface area contributed by atoms with Crippen LogP contribution in [0.2, 0.25) is 5.02 Å². The summed E-state index contributed by atoms with van der Waals surface area (Å²) in [5, 5.41) is 11.5. The van der Waals surface area contributed by atoms with E-state index in [-0.39, 0.29) is 5.78 Å². The summed E-state index contributed by atoms with van der Waals surface area (Å²) >= 11 is 5.95. The van der Waals surface area contributed by atoms with Gasteiger partial charge in [-0.3, -0.25) is 4.79 Å². The van der Waals surface area contributed by atoms with Crippen LogP contribution in [0.3, 0.4) is 0 Å². The summed E-state index contributed by atoms with van der Waals surface area (Å²) in [7, 11) is 0. The first-order valence-corrected chi connectivity index (χ1v) is 9.33. The third-order valence-corrected chi connectivity index (χ3v) is 5.53. The van der Waals surface area contributed by atoms with Crippen molar-refractivity contribution in [1.29, 1.82) is 0 Å². The standard InChI is InChI=1S/C24H23ClO2/c1-14-13-15(2)17(4)22(16(14)3)24(27)21-8-6-5-7-20(21)23(26)18-9-11-19(25)12-10-18/h5-13,23,26H,1-4H3. The van der Waals surface area contributed by atoms with Crippen LogP contribution < -0.4 is 0 Å². The van der Waals surface area contributed by atoms with Gasteiger partial charge in [0.25, 0.3) is 0 Å². The summed E-state index contributed by atoms with van der Waals surface area (Å²) in [6, 6.07) is 16.4. The summed E-state index contributed by atoms with van der Waals surface area (Å²) in [5.74, 6) is -0.0552. The van der Waals surface area contributed by atoms with Crippen molar-refractivity contribution in [3.63, 3.8) is 0 Å². The molecule has 0 saturated carbocycles. The van der Waals surface area contributed by atoms with Crippen LogP contribution in [0, 0.1) is 27.7 Å². The minimum atomic E-state index is -0.895. The zero-order valence-electron chi connectivity index (χ0n) is 16.0. The molecule has 0 amide bonds. The molecule has 0 heterocycles. The van der Waals surface area contributed by atoms with E-state index < -0.39 is 6.10 Å². The van der Waals surface area contributed by atoms with E-state index in [1.807, 2.05) is 39.8 Å². The maximum Gasteiger partial charge on any atom is 0.193 e. The van der Waals surface area contributed by atoms with Gasteiger partial charge < -0.3 is 5.11 Å². The van der Waals surface area contributed by atoms with E-state index >= 15 is 0 Å². The second-order valence-corrected chi connectivity index (χ2v) is 7.44. The molecule has 3 heteroatoms. The first-order chi connectivity index (χ1) is 12.8. The fraction of sp³-hybridized carbons (Fsp3) is 0.208. The number of benzene rings is 3. The topological polar surface area (TPSA) is 37.3 Å². The molecule has 1 atom stereocenters. The Kier molecular flexibility index (Phi) is 5.50. The van der Waals surface area contributed by atoms with Crippen molar-refractivity contribution in [3.05, 3.63) is 104 Å². The van der Waals surface area contributed by atoms with E-state index in [1.54, 1.807) is 36.4 Å². The lowest BCUT2D eigenvalue weighted by Crippen LogP contribution is -2.13. The first kappa shape index (κ1) is 19.3. The Morgan fingerprint density at radius 3 is 2.04 bits per heavy atom. The Hall–Kier alpha value is -2.42. The lowest BCUT2D eigenvalue weighted by molar-refractivity contribution is 0.103. The number of hydrogen-bond donors (Lipinski definition) is 1. The van der Waals surface area contributed by atoms with Crippen LogP contribution in [0.5, 0.6) is 0 Å². The van der Waals surface area contributed by atoms with Gasteiger partial charge in [0.05, 0.1) is 0 Å². The van der Waals surface area contributed by atoms with Crippen LogP contribution in [-0.4, -0.2) is 10.9 Å². The van der Waals surface area contributed by atoms with Crippen molar-refractivity contribution in [2.24, 2.45) is 0 Å². The molecule has 3 aromatic rings. The van der Waals surface area contributed by atoms with E-state index in [1.165, 1.54) is 0 Å². The number of aryl methyl sites for hydroxylation is 2. The highest BCUT2D eigenvalue weighted by atomic mass is 35.5. The Morgan fingerprint density at radius 2 is 1.44 bits per heavy atom. The molecule has 2 nitrogen and oxygen atoms in total. The van der Waals surface area contributed by atoms with Gasteiger partial charge in [0.2, 0.25) is 0 Å². The largest absolute Gasteiger partial charge is 0.384 e. The Labute approximate surface area is 165 Å². The van der Waals surface area contributed by atoms with Gasteiger partial charge in [-0.25, -0.2) is 0 Å². The third kappa shape index (κ3) is 3.69. The summed E-state index contributed by atoms with van der Waals surface area (Å²) in [4.78, 5) is 13.5. The number of halogens is 1. The average molecular weight is 379 g/mol. The molecule has 3 aromatic carbocycles. The Morgan fingerprint density at radius 1 is 0.889 bits per heavy atom. The molecule has 0 aromatic heterocycles. The highest BCUT2D eigenvalue weighted by Crippen LogP contribution is 2.30. The number of ketones is 1. The molecular weight excluding hydrogens is 356 g/mol. The maximum atomic E-state index is 13.5. The summed E-state index contributed by atoms with van der Waals surface area (Å²) in [6.07, 6.45) is -0.895. The Balaban J connectivity index is 2.12. The number of carbonyl (C=O) groups excluding carboxylic acids is 1. The van der Waals surface area contributed by atoms with Crippen molar-refractivity contribution in [2.75, 3.05) is 0 Å². The summed E-state index contributed by atoms with van der Waals surface area (Å²) in [6.45, 7) is 8.00. The highest BCUT2D eigenvalue weighted by molar-refractivity contribution is 6.30. The van der Waals surface area contributed by atoms with E-state index in [0.29, 0.717) is 21.7 Å². The van der Waals surface area contributed by atoms with Gasteiger partial charge in [0.15, 0.2) is 5.78 Å². The zero-order chi connectivity index (χ0) is 19.7. The van der Waals surface area contributed by atoms with Crippen LogP contribution in [-0.2, 0) is 0 Å². The molecule has 0 bridgehead atoms. The monoisotopic (exact) mass is 378 g/mol. The smallest absolute Gasteiger partial charge is 0.193 e. The van der Waals surface area contributed by atoms with Gasteiger partial charge in [-0.2, -0.15) is 0 Å². The number of hydrogen-bond acceptors (Lipinski definition) is 2. The molecular formula is C24H23ClO2. The summed E-state index contributed by atoms with van der Waals surface area (Å²) < 4.78 is 0. The van der Waals surface area contributed by atoms with E-state index in [9.17, 15) is 9.90 Å². The number of carbonyl (C=O) groups is 1. The van der Waals surface area contributed by atoms with Crippen LogP contribution >= 0.6 is 11.6 Å². The van der Waals surface area contributed by atoms with Crippen LogP contribution in [0.1, 0.15) is 55.4 Å². The van der Waals surface area contributed by atoms with Crippen molar-refractivity contribution in [1.82, 2.24) is 0 Å². The second kappa shape index (κ2) is 7.67. The molecule has 3 rings (SSSR count). The van der Waals surface area contributed by atoms with Gasteiger partial charge in [0.1, 0.15) is 6.10 Å². The number of aliphatic hydroxyl groups excluding tert-OH is 1. The molecule has 138 valence electrons. The van der Waals surface area contributed by atoms with Gasteiger partial charge >= 0.3 is 0 Å². The fourth-order valence-electron chi connectivity index (χ4n) is 3.46. The molecule has 0 radical (unpaired) electrons. The summed E-state index contributed by atoms with van der Waals surface area (Å²) in [5.41, 5.74) is 6.71. The van der Waals surface area contributed by atoms with Crippen molar-refractivity contribution in [3.8, 4) is 0 Å². The Bertz CT molecular complexity index is 977. The first-order valence-electron chi connectivity index (χ1n) is 8.95. The predicted octanol–water partition coefficient (Wildman–Crippen LogP) is 5.89. The highest BCUT2D eigenvalue weighted by Gasteiger charge is 2.23. The SMILES string of the molecule is Cc1cc(C)c(C)c(C(=O)c2ccccc2C(O)c2ccc(Cl)cc2)c1C. The van der Waals surface area contributed by atoms with Crippen molar-refractivity contribution in [2.45, 2.75) is 33.8 Å². The van der Waals surface area contributed by atoms with Gasteiger partial charge in [-0.1, -0.05) is 54.1 Å². The normalized spacial score (nSPS) is 12.1. The van der Waals surface area contributed by atoms with E-state index in [0.717, 1.165) is 27.8 Å². The molecule has 27 heavy (non-hydrogen) atoms. The lowest BCUT2D eigenvalue weighted by Gasteiger charge is -2.19. The van der Waals surface area contributed by atoms with Crippen molar-refractivity contribution >= 4 is 17.4 Å². The van der Waals surface area contributed by atoms with Crippen LogP contribution in [0.25, 0.3) is 0 Å². The van der Waals surface area contributed by atoms with E-state index in [4.69, 9.17) is 11.6 Å². The molecule has 0 saturated heterocycles. The van der Waals surface area contributed by atoms with E-state index in [2.05, 4.69) is 6.07 Å². The molecule has 0 aliphatic heterocycles.